The molecule has 2 aromatic heterocycles. The third kappa shape index (κ3) is 3.12. The maximum atomic E-state index is 11.6. The van der Waals surface area contributed by atoms with E-state index in [-0.39, 0.29) is 0 Å². The molecule has 7 heteroatoms. The molecule has 0 radical (unpaired) electrons. The molecule has 0 bridgehead atoms. The Morgan fingerprint density at radius 2 is 1.84 bits per heavy atom. The van der Waals surface area contributed by atoms with E-state index in [1.165, 1.54) is 19.2 Å². The Morgan fingerprint density at radius 1 is 1.03 bits per heavy atom. The SMILES string of the molecule is Nc1ncnc2c1c(-c1ccc3c(C(=O)O)cccc3c1)cn2C1CCN(C2CC2)CC1. The third-order valence-corrected chi connectivity index (χ3v) is 7.02. The van der Waals surface area contributed by atoms with Crippen LogP contribution in [0.5, 0.6) is 0 Å². The van der Waals surface area contributed by atoms with Crippen LogP contribution in [0.15, 0.2) is 48.9 Å². The number of nitrogens with zero attached hydrogens (tertiary/aromatic N) is 4. The number of carboxylic acid groups (broad SMARTS) is 1. The number of likely N-dealkylation sites (tertiary alicyclic amines) is 1. The van der Waals surface area contributed by atoms with Crippen LogP contribution >= 0.6 is 0 Å². The quantitative estimate of drug-likeness (QED) is 0.503. The minimum Gasteiger partial charge on any atom is -0.478 e. The highest BCUT2D eigenvalue weighted by Gasteiger charge is 2.33. The van der Waals surface area contributed by atoms with E-state index in [1.807, 2.05) is 24.3 Å². The van der Waals surface area contributed by atoms with Gasteiger partial charge in [-0.1, -0.05) is 24.3 Å². The highest BCUT2D eigenvalue weighted by atomic mass is 16.4. The molecule has 2 aromatic carbocycles. The van der Waals surface area contributed by atoms with Crippen LogP contribution in [0.1, 0.15) is 42.1 Å². The van der Waals surface area contributed by atoms with Gasteiger partial charge in [0.2, 0.25) is 0 Å². The zero-order valence-electron chi connectivity index (χ0n) is 17.7. The molecular weight excluding hydrogens is 402 g/mol. The maximum Gasteiger partial charge on any atom is 0.336 e. The van der Waals surface area contributed by atoms with Gasteiger partial charge in [-0.15, -0.1) is 0 Å². The summed E-state index contributed by atoms with van der Waals surface area (Å²) >= 11 is 0. The molecule has 1 aliphatic heterocycles. The minimum absolute atomic E-state index is 0.307. The Kier molecular flexibility index (Phi) is 4.40. The zero-order chi connectivity index (χ0) is 21.8. The van der Waals surface area contributed by atoms with Crippen LogP contribution in [0.2, 0.25) is 0 Å². The fraction of sp³-hybridized carbons (Fsp3) is 0.320. The lowest BCUT2D eigenvalue weighted by Crippen LogP contribution is -2.36. The number of hydrogen-bond donors (Lipinski definition) is 2. The highest BCUT2D eigenvalue weighted by Crippen LogP contribution is 2.39. The summed E-state index contributed by atoms with van der Waals surface area (Å²) in [7, 11) is 0. The summed E-state index contributed by atoms with van der Waals surface area (Å²) in [5, 5.41) is 12.0. The summed E-state index contributed by atoms with van der Waals surface area (Å²) in [6, 6.07) is 12.4. The first-order valence-electron chi connectivity index (χ1n) is 11.2. The van der Waals surface area contributed by atoms with E-state index in [0.717, 1.165) is 64.9 Å². The van der Waals surface area contributed by atoms with Gasteiger partial charge in [0.25, 0.3) is 0 Å². The number of benzene rings is 2. The Bertz CT molecular complexity index is 1350. The lowest BCUT2D eigenvalue weighted by Gasteiger charge is -2.32. The number of fused-ring (bicyclic) bond motifs is 2. The fourth-order valence-electron chi connectivity index (χ4n) is 5.21. The summed E-state index contributed by atoms with van der Waals surface area (Å²) in [6.45, 7) is 2.25. The normalized spacial score (nSPS) is 17.9. The van der Waals surface area contributed by atoms with Crippen LogP contribution in [0.25, 0.3) is 32.9 Å². The number of rotatable bonds is 4. The summed E-state index contributed by atoms with van der Waals surface area (Å²) < 4.78 is 2.28. The second kappa shape index (κ2) is 7.31. The molecular formula is C25H25N5O2. The lowest BCUT2D eigenvalue weighted by atomic mass is 9.98. The minimum atomic E-state index is -0.921. The van der Waals surface area contributed by atoms with Gasteiger partial charge in [0.15, 0.2) is 0 Å². The molecule has 0 amide bonds. The molecule has 1 saturated carbocycles. The average molecular weight is 428 g/mol. The molecule has 3 N–H and O–H groups in total. The van der Waals surface area contributed by atoms with Gasteiger partial charge in [-0.05, 0) is 54.2 Å². The molecule has 32 heavy (non-hydrogen) atoms. The first-order chi connectivity index (χ1) is 15.6. The van der Waals surface area contributed by atoms with E-state index in [9.17, 15) is 9.90 Å². The number of nitrogens with two attached hydrogens (primary N) is 1. The van der Waals surface area contributed by atoms with Crippen LogP contribution in [-0.2, 0) is 0 Å². The second-order valence-electron chi connectivity index (χ2n) is 8.95. The third-order valence-electron chi connectivity index (χ3n) is 7.02. The second-order valence-corrected chi connectivity index (χ2v) is 8.95. The summed E-state index contributed by atoms with van der Waals surface area (Å²) in [5.41, 5.74) is 9.49. The van der Waals surface area contributed by atoms with Crippen molar-refractivity contribution in [2.45, 2.75) is 37.8 Å². The Morgan fingerprint density at radius 3 is 2.59 bits per heavy atom. The number of aromatic carboxylic acids is 1. The number of carboxylic acids is 1. The predicted octanol–water partition coefficient (Wildman–Crippen LogP) is 4.33. The predicted molar refractivity (Wildman–Crippen MR) is 125 cm³/mol. The first kappa shape index (κ1) is 19.3. The van der Waals surface area contributed by atoms with E-state index >= 15 is 0 Å². The van der Waals surface area contributed by atoms with Gasteiger partial charge in [0, 0.05) is 36.9 Å². The maximum absolute atomic E-state index is 11.6. The smallest absolute Gasteiger partial charge is 0.336 e. The van der Waals surface area contributed by atoms with Crippen molar-refractivity contribution in [1.82, 2.24) is 19.4 Å². The van der Waals surface area contributed by atoms with Crippen LogP contribution < -0.4 is 5.73 Å². The summed E-state index contributed by atoms with van der Waals surface area (Å²) in [5.74, 6) is -0.450. The van der Waals surface area contributed by atoms with Crippen molar-refractivity contribution in [2.24, 2.45) is 0 Å². The molecule has 0 atom stereocenters. The van der Waals surface area contributed by atoms with Crippen LogP contribution in [0.4, 0.5) is 5.82 Å². The molecule has 7 nitrogen and oxygen atoms in total. The van der Waals surface area contributed by atoms with Crippen LogP contribution in [0.3, 0.4) is 0 Å². The number of nitrogen functional groups attached to an aromatic ring is 1. The molecule has 2 fully saturated rings. The summed E-state index contributed by atoms with van der Waals surface area (Å²) in [6.07, 6.45) is 8.59. The van der Waals surface area contributed by atoms with Crippen LogP contribution in [-0.4, -0.2) is 49.6 Å². The van der Waals surface area contributed by atoms with Gasteiger partial charge in [0.1, 0.15) is 17.8 Å². The van der Waals surface area contributed by atoms with Gasteiger partial charge in [0.05, 0.1) is 10.9 Å². The van der Waals surface area contributed by atoms with Gasteiger partial charge in [-0.2, -0.15) is 0 Å². The molecule has 2 aliphatic rings. The van der Waals surface area contributed by atoms with E-state index in [2.05, 4.69) is 25.6 Å². The van der Waals surface area contributed by atoms with Gasteiger partial charge in [-0.3, -0.25) is 0 Å². The number of carbonyl (C=O) groups is 1. The van der Waals surface area contributed by atoms with Crippen molar-refractivity contribution in [3.05, 3.63) is 54.5 Å². The van der Waals surface area contributed by atoms with Gasteiger partial charge in [-0.25, -0.2) is 14.8 Å². The van der Waals surface area contributed by atoms with Crippen molar-refractivity contribution in [3.63, 3.8) is 0 Å². The monoisotopic (exact) mass is 427 g/mol. The molecule has 0 unspecified atom stereocenters. The van der Waals surface area contributed by atoms with Crippen molar-refractivity contribution >= 4 is 33.6 Å². The Labute approximate surface area is 185 Å². The first-order valence-corrected chi connectivity index (χ1v) is 11.2. The molecule has 1 aliphatic carbocycles. The fourth-order valence-corrected chi connectivity index (χ4v) is 5.21. The number of aromatic nitrogens is 3. The molecule has 4 aromatic rings. The Balaban J connectivity index is 1.45. The molecule has 0 spiro atoms. The Hall–Kier alpha value is -3.45. The van der Waals surface area contributed by atoms with Crippen molar-refractivity contribution in [2.75, 3.05) is 18.8 Å². The topological polar surface area (TPSA) is 97.3 Å². The van der Waals surface area contributed by atoms with Gasteiger partial charge < -0.3 is 20.3 Å². The molecule has 6 rings (SSSR count). The van der Waals surface area contributed by atoms with Crippen molar-refractivity contribution in [3.8, 4) is 11.1 Å². The van der Waals surface area contributed by atoms with E-state index in [4.69, 9.17) is 5.73 Å². The highest BCUT2D eigenvalue weighted by molar-refractivity contribution is 6.06. The van der Waals surface area contributed by atoms with Crippen molar-refractivity contribution < 1.29 is 9.90 Å². The van der Waals surface area contributed by atoms with Gasteiger partial charge >= 0.3 is 5.97 Å². The standard InChI is InChI=1S/C25H25N5O2/c26-23-22-21(16-4-7-19-15(12-16)2-1-3-20(19)25(31)32)13-30(24(22)28-14-27-23)18-8-10-29(11-9-18)17-5-6-17/h1-4,7,12-14,17-18H,5-6,8-11H2,(H,31,32)(H2,26,27,28). The average Bonchev–Trinajstić information content (AvgIpc) is 3.59. The zero-order valence-corrected chi connectivity index (χ0v) is 17.7. The molecule has 162 valence electrons. The van der Waals surface area contributed by atoms with E-state index in [0.29, 0.717) is 17.4 Å². The lowest BCUT2D eigenvalue weighted by molar-refractivity contribution is 0.0699. The molecule has 3 heterocycles. The van der Waals surface area contributed by atoms with Crippen molar-refractivity contribution in [1.29, 1.82) is 0 Å². The van der Waals surface area contributed by atoms with E-state index in [1.54, 1.807) is 12.1 Å². The summed E-state index contributed by atoms with van der Waals surface area (Å²) in [4.78, 5) is 23.1. The number of hydrogen-bond acceptors (Lipinski definition) is 5. The number of piperidine rings is 1. The van der Waals surface area contributed by atoms with E-state index < -0.39 is 5.97 Å². The largest absolute Gasteiger partial charge is 0.478 e. The number of anilines is 1. The van der Waals surface area contributed by atoms with Crippen LogP contribution in [0, 0.1) is 0 Å². The molecule has 1 saturated heterocycles.